The number of morpholine rings is 1. The van der Waals surface area contributed by atoms with Gasteiger partial charge in [-0.3, -0.25) is 5.32 Å². The number of carbonyl (C=O) groups excluding carboxylic acids is 1. The molecule has 1 fully saturated rings. The maximum Gasteiger partial charge on any atom is 0.323 e. The predicted octanol–water partition coefficient (Wildman–Crippen LogP) is 1.60. The Balaban J connectivity index is 1.88. The Hall–Kier alpha value is -1.21. The standard InChI is InChI=1S/C11H18N4O2S/c1-8(2)7-9-13-14-10(18-9)12-11(16)15-3-5-17-6-4-15/h8H,3-7H2,1-2H3,(H,12,14,16). The van der Waals surface area contributed by atoms with E-state index in [-0.39, 0.29) is 6.03 Å². The Kier molecular flexibility index (Phi) is 4.48. The fourth-order valence-electron chi connectivity index (χ4n) is 1.67. The number of ether oxygens (including phenoxy) is 1. The Morgan fingerprint density at radius 3 is 2.83 bits per heavy atom. The number of nitrogens with zero attached hydrogens (tertiary/aromatic N) is 3. The van der Waals surface area contributed by atoms with Crippen LogP contribution >= 0.6 is 11.3 Å². The van der Waals surface area contributed by atoms with Crippen LogP contribution in [0, 0.1) is 5.92 Å². The summed E-state index contributed by atoms with van der Waals surface area (Å²) in [7, 11) is 0. The number of urea groups is 1. The molecular weight excluding hydrogens is 252 g/mol. The number of carbonyl (C=O) groups is 1. The summed E-state index contributed by atoms with van der Waals surface area (Å²) in [5.41, 5.74) is 0. The average Bonchev–Trinajstić information content (AvgIpc) is 2.76. The molecular formula is C11H18N4O2S. The lowest BCUT2D eigenvalue weighted by Gasteiger charge is -2.26. The molecule has 1 aromatic heterocycles. The second-order valence-electron chi connectivity index (χ2n) is 4.63. The van der Waals surface area contributed by atoms with E-state index in [9.17, 15) is 4.79 Å². The van der Waals surface area contributed by atoms with Gasteiger partial charge in [-0.1, -0.05) is 25.2 Å². The van der Waals surface area contributed by atoms with Gasteiger partial charge in [0.1, 0.15) is 5.01 Å². The highest BCUT2D eigenvalue weighted by Crippen LogP contribution is 2.18. The zero-order valence-corrected chi connectivity index (χ0v) is 11.5. The van der Waals surface area contributed by atoms with Gasteiger partial charge in [0.25, 0.3) is 0 Å². The van der Waals surface area contributed by atoms with E-state index < -0.39 is 0 Å². The normalized spacial score (nSPS) is 16.1. The molecule has 0 saturated carbocycles. The van der Waals surface area contributed by atoms with E-state index in [0.29, 0.717) is 37.4 Å². The summed E-state index contributed by atoms with van der Waals surface area (Å²) in [5.74, 6) is 0.542. The summed E-state index contributed by atoms with van der Waals surface area (Å²) in [6.07, 6.45) is 0.894. The number of anilines is 1. The van der Waals surface area contributed by atoms with Gasteiger partial charge in [-0.15, -0.1) is 10.2 Å². The first-order chi connectivity index (χ1) is 8.65. The molecule has 0 unspecified atom stereocenters. The predicted molar refractivity (Wildman–Crippen MR) is 69.9 cm³/mol. The third kappa shape index (κ3) is 3.64. The molecule has 0 aliphatic carbocycles. The van der Waals surface area contributed by atoms with Crippen molar-refractivity contribution in [2.75, 3.05) is 31.6 Å². The minimum absolute atomic E-state index is 0.120. The largest absolute Gasteiger partial charge is 0.378 e. The highest BCUT2D eigenvalue weighted by molar-refractivity contribution is 7.15. The molecule has 2 amide bonds. The van der Waals surface area contributed by atoms with E-state index in [1.165, 1.54) is 11.3 Å². The maximum atomic E-state index is 11.9. The van der Waals surface area contributed by atoms with Crippen LogP contribution in [0.3, 0.4) is 0 Å². The van der Waals surface area contributed by atoms with Gasteiger partial charge in [0.15, 0.2) is 0 Å². The first-order valence-corrected chi connectivity index (χ1v) is 6.93. The smallest absolute Gasteiger partial charge is 0.323 e. The van der Waals surface area contributed by atoms with Gasteiger partial charge in [0.2, 0.25) is 5.13 Å². The third-order valence-corrected chi connectivity index (χ3v) is 3.42. The number of nitrogens with one attached hydrogen (secondary N) is 1. The topological polar surface area (TPSA) is 67.4 Å². The lowest BCUT2D eigenvalue weighted by Crippen LogP contribution is -2.43. The zero-order valence-electron chi connectivity index (χ0n) is 10.7. The minimum Gasteiger partial charge on any atom is -0.378 e. The fraction of sp³-hybridized carbons (Fsp3) is 0.727. The molecule has 1 saturated heterocycles. The van der Waals surface area contributed by atoms with Crippen LogP contribution in [0.4, 0.5) is 9.93 Å². The molecule has 0 radical (unpaired) electrons. The van der Waals surface area contributed by atoms with Crippen LogP contribution in [0.15, 0.2) is 0 Å². The summed E-state index contributed by atoms with van der Waals surface area (Å²) in [5, 5.41) is 12.4. The monoisotopic (exact) mass is 270 g/mol. The van der Waals surface area contributed by atoms with Gasteiger partial charge in [0, 0.05) is 19.5 Å². The van der Waals surface area contributed by atoms with Gasteiger partial charge in [-0.2, -0.15) is 0 Å². The van der Waals surface area contributed by atoms with Crippen molar-refractivity contribution in [3.8, 4) is 0 Å². The molecule has 7 heteroatoms. The Morgan fingerprint density at radius 1 is 1.44 bits per heavy atom. The van der Waals surface area contributed by atoms with Crippen LogP contribution in [0.25, 0.3) is 0 Å². The summed E-state index contributed by atoms with van der Waals surface area (Å²) < 4.78 is 5.20. The van der Waals surface area contributed by atoms with Gasteiger partial charge < -0.3 is 9.64 Å². The molecule has 1 aliphatic heterocycles. The van der Waals surface area contributed by atoms with Crippen molar-refractivity contribution in [2.24, 2.45) is 5.92 Å². The molecule has 2 rings (SSSR count). The third-order valence-electron chi connectivity index (χ3n) is 2.56. The van der Waals surface area contributed by atoms with Gasteiger partial charge in [-0.05, 0) is 5.92 Å². The van der Waals surface area contributed by atoms with Crippen LogP contribution in [0.5, 0.6) is 0 Å². The molecule has 6 nitrogen and oxygen atoms in total. The summed E-state index contributed by atoms with van der Waals surface area (Å²) in [6, 6.07) is -0.120. The Labute approximate surface area is 110 Å². The highest BCUT2D eigenvalue weighted by Gasteiger charge is 2.18. The first kappa shape index (κ1) is 13.2. The van der Waals surface area contributed by atoms with E-state index in [2.05, 4.69) is 29.4 Å². The summed E-state index contributed by atoms with van der Waals surface area (Å²) in [4.78, 5) is 13.6. The Morgan fingerprint density at radius 2 is 2.17 bits per heavy atom. The number of hydrogen-bond donors (Lipinski definition) is 1. The fourth-order valence-corrected chi connectivity index (χ4v) is 2.61. The summed E-state index contributed by atoms with van der Waals surface area (Å²) in [6.45, 7) is 6.72. The quantitative estimate of drug-likeness (QED) is 0.906. The molecule has 18 heavy (non-hydrogen) atoms. The number of rotatable bonds is 3. The number of amides is 2. The van der Waals surface area contributed by atoms with Crippen molar-refractivity contribution in [1.82, 2.24) is 15.1 Å². The molecule has 1 aliphatic rings. The van der Waals surface area contributed by atoms with E-state index in [1.54, 1.807) is 4.90 Å². The van der Waals surface area contributed by atoms with E-state index in [1.807, 2.05) is 0 Å². The summed E-state index contributed by atoms with van der Waals surface area (Å²) >= 11 is 1.44. The Bertz CT molecular complexity index is 402. The first-order valence-electron chi connectivity index (χ1n) is 6.11. The molecule has 1 aromatic rings. The second-order valence-corrected chi connectivity index (χ2v) is 5.69. The van der Waals surface area contributed by atoms with Gasteiger partial charge >= 0.3 is 6.03 Å². The van der Waals surface area contributed by atoms with Crippen molar-refractivity contribution in [3.63, 3.8) is 0 Å². The van der Waals surface area contributed by atoms with Crippen LogP contribution in [-0.2, 0) is 11.2 Å². The van der Waals surface area contributed by atoms with Crippen molar-refractivity contribution < 1.29 is 9.53 Å². The highest BCUT2D eigenvalue weighted by atomic mass is 32.1. The van der Waals surface area contributed by atoms with Gasteiger partial charge in [0.05, 0.1) is 13.2 Å². The molecule has 1 N–H and O–H groups in total. The SMILES string of the molecule is CC(C)Cc1nnc(NC(=O)N2CCOCC2)s1. The van der Waals surface area contributed by atoms with Crippen molar-refractivity contribution in [3.05, 3.63) is 5.01 Å². The molecule has 100 valence electrons. The molecule has 0 bridgehead atoms. The van der Waals surface area contributed by atoms with Crippen LogP contribution < -0.4 is 5.32 Å². The zero-order chi connectivity index (χ0) is 13.0. The average molecular weight is 270 g/mol. The minimum atomic E-state index is -0.120. The van der Waals surface area contributed by atoms with Crippen LogP contribution in [0.2, 0.25) is 0 Å². The van der Waals surface area contributed by atoms with Crippen LogP contribution in [0.1, 0.15) is 18.9 Å². The van der Waals surface area contributed by atoms with E-state index in [0.717, 1.165) is 11.4 Å². The van der Waals surface area contributed by atoms with Crippen LogP contribution in [-0.4, -0.2) is 47.4 Å². The maximum absolute atomic E-state index is 11.9. The van der Waals surface area contributed by atoms with Crippen molar-refractivity contribution >= 4 is 22.5 Å². The second kappa shape index (κ2) is 6.10. The lowest BCUT2D eigenvalue weighted by molar-refractivity contribution is 0.0564. The van der Waals surface area contributed by atoms with Crippen molar-refractivity contribution in [1.29, 1.82) is 0 Å². The van der Waals surface area contributed by atoms with E-state index >= 15 is 0 Å². The molecule has 0 aromatic carbocycles. The number of aromatic nitrogens is 2. The molecule has 2 heterocycles. The molecule has 0 spiro atoms. The molecule has 0 atom stereocenters. The van der Waals surface area contributed by atoms with E-state index in [4.69, 9.17) is 4.74 Å². The number of hydrogen-bond acceptors (Lipinski definition) is 5. The van der Waals surface area contributed by atoms with Crippen molar-refractivity contribution in [2.45, 2.75) is 20.3 Å². The lowest BCUT2D eigenvalue weighted by atomic mass is 10.1. The van der Waals surface area contributed by atoms with Gasteiger partial charge in [-0.25, -0.2) is 4.79 Å².